The maximum absolute atomic E-state index is 11.7. The lowest BCUT2D eigenvalue weighted by molar-refractivity contribution is -0.125. The number of unbranched alkanes of at least 4 members (excludes halogenated alkanes) is 2. The molecular weight excluding hydrogens is 248 g/mol. The summed E-state index contributed by atoms with van der Waals surface area (Å²) in [5, 5.41) is 0. The van der Waals surface area contributed by atoms with Crippen molar-refractivity contribution in [3.8, 4) is 0 Å². The van der Waals surface area contributed by atoms with Gasteiger partial charge in [-0.3, -0.25) is 10.2 Å². The number of hydrazine groups is 1. The molecule has 20 heavy (non-hydrogen) atoms. The largest absolute Gasteiger partial charge is 0.302 e. The lowest BCUT2D eigenvalue weighted by Gasteiger charge is -2.14. The minimum Gasteiger partial charge on any atom is -0.302 e. The standard InChI is InChI=1S/C17H24N2O/c1-4-5-6-7-13-8-10-14(11-9-13)12-15-17(2,3)16(20)19-18-15/h8-12,18H,4-7H2,1-3H3,(H,19,20)/b15-12-. The van der Waals surface area contributed by atoms with Crippen LogP contribution in [0.5, 0.6) is 0 Å². The number of carbonyl (C=O) groups is 1. The minimum absolute atomic E-state index is 0.0138. The van der Waals surface area contributed by atoms with Crippen LogP contribution in [-0.2, 0) is 11.2 Å². The number of hydrogen-bond donors (Lipinski definition) is 2. The Kier molecular flexibility index (Phi) is 4.48. The van der Waals surface area contributed by atoms with Crippen LogP contribution in [0.15, 0.2) is 30.0 Å². The Labute approximate surface area is 121 Å². The summed E-state index contributed by atoms with van der Waals surface area (Å²) < 4.78 is 0. The quantitative estimate of drug-likeness (QED) is 0.806. The third-order valence-corrected chi connectivity index (χ3v) is 3.91. The average molecular weight is 272 g/mol. The Hall–Kier alpha value is -1.77. The van der Waals surface area contributed by atoms with Gasteiger partial charge in [-0.2, -0.15) is 0 Å². The monoisotopic (exact) mass is 272 g/mol. The predicted octanol–water partition coefficient (Wildman–Crippen LogP) is 3.42. The summed E-state index contributed by atoms with van der Waals surface area (Å²) in [4.78, 5) is 11.7. The maximum atomic E-state index is 11.7. The Morgan fingerprint density at radius 2 is 1.80 bits per heavy atom. The molecule has 0 atom stereocenters. The van der Waals surface area contributed by atoms with Crippen molar-refractivity contribution in [3.05, 3.63) is 41.1 Å². The second-order valence-corrected chi connectivity index (χ2v) is 5.96. The van der Waals surface area contributed by atoms with Gasteiger partial charge in [-0.25, -0.2) is 0 Å². The van der Waals surface area contributed by atoms with Crippen LogP contribution in [0.3, 0.4) is 0 Å². The number of aryl methyl sites for hydroxylation is 1. The molecule has 108 valence electrons. The maximum Gasteiger partial charge on any atom is 0.249 e. The van der Waals surface area contributed by atoms with Crippen LogP contribution in [0, 0.1) is 5.41 Å². The van der Waals surface area contributed by atoms with Crippen molar-refractivity contribution >= 4 is 12.0 Å². The van der Waals surface area contributed by atoms with E-state index in [-0.39, 0.29) is 5.91 Å². The van der Waals surface area contributed by atoms with Gasteiger partial charge in [0.05, 0.1) is 5.41 Å². The Balaban J connectivity index is 2.05. The molecular formula is C17H24N2O. The fraction of sp³-hybridized carbons (Fsp3) is 0.471. The molecule has 0 radical (unpaired) electrons. The minimum atomic E-state index is -0.486. The first-order chi connectivity index (χ1) is 9.54. The molecule has 0 unspecified atom stereocenters. The summed E-state index contributed by atoms with van der Waals surface area (Å²) in [5.41, 5.74) is 8.57. The highest BCUT2D eigenvalue weighted by atomic mass is 16.2. The molecule has 1 heterocycles. The predicted molar refractivity (Wildman–Crippen MR) is 82.7 cm³/mol. The number of amides is 1. The van der Waals surface area contributed by atoms with Crippen LogP contribution in [0.1, 0.15) is 51.2 Å². The molecule has 3 nitrogen and oxygen atoms in total. The van der Waals surface area contributed by atoms with E-state index >= 15 is 0 Å². The molecule has 0 bridgehead atoms. The van der Waals surface area contributed by atoms with Crippen LogP contribution in [0.4, 0.5) is 0 Å². The Morgan fingerprint density at radius 1 is 1.10 bits per heavy atom. The normalized spacial score (nSPS) is 18.9. The van der Waals surface area contributed by atoms with E-state index in [2.05, 4.69) is 42.0 Å². The van der Waals surface area contributed by atoms with E-state index in [0.717, 1.165) is 17.7 Å². The zero-order valence-electron chi connectivity index (χ0n) is 12.6. The Bertz CT molecular complexity index is 500. The molecule has 0 aromatic heterocycles. The van der Waals surface area contributed by atoms with Gasteiger partial charge in [-0.1, -0.05) is 44.0 Å². The van der Waals surface area contributed by atoms with E-state index in [1.54, 1.807) is 0 Å². The van der Waals surface area contributed by atoms with E-state index < -0.39 is 5.41 Å². The first kappa shape index (κ1) is 14.6. The zero-order valence-corrected chi connectivity index (χ0v) is 12.6. The highest BCUT2D eigenvalue weighted by molar-refractivity contribution is 5.89. The van der Waals surface area contributed by atoms with E-state index in [1.165, 1.54) is 24.8 Å². The topological polar surface area (TPSA) is 41.1 Å². The van der Waals surface area contributed by atoms with E-state index in [1.807, 2.05) is 19.9 Å². The molecule has 1 saturated heterocycles. The average Bonchev–Trinajstić information content (AvgIpc) is 2.68. The van der Waals surface area contributed by atoms with Crippen molar-refractivity contribution in [1.29, 1.82) is 0 Å². The molecule has 1 aliphatic heterocycles. The number of carbonyl (C=O) groups excluding carboxylic acids is 1. The molecule has 1 fully saturated rings. The third-order valence-electron chi connectivity index (χ3n) is 3.91. The summed E-state index contributed by atoms with van der Waals surface area (Å²) in [5.74, 6) is 0.0138. The van der Waals surface area contributed by atoms with Gasteiger partial charge in [0.1, 0.15) is 0 Å². The molecule has 2 N–H and O–H groups in total. The van der Waals surface area contributed by atoms with Gasteiger partial charge in [0.25, 0.3) is 0 Å². The second-order valence-electron chi connectivity index (χ2n) is 5.96. The summed E-state index contributed by atoms with van der Waals surface area (Å²) >= 11 is 0. The SMILES string of the molecule is CCCCCc1ccc(/C=C2\NNC(=O)C2(C)C)cc1. The lowest BCUT2D eigenvalue weighted by atomic mass is 9.89. The summed E-state index contributed by atoms with van der Waals surface area (Å²) in [6.45, 7) is 6.07. The molecule has 0 saturated carbocycles. The Morgan fingerprint density at radius 3 is 2.35 bits per heavy atom. The molecule has 1 aromatic rings. The molecule has 0 spiro atoms. The summed E-state index contributed by atoms with van der Waals surface area (Å²) in [6, 6.07) is 8.60. The first-order valence-electron chi connectivity index (χ1n) is 7.41. The smallest absolute Gasteiger partial charge is 0.249 e. The fourth-order valence-electron chi connectivity index (χ4n) is 2.30. The van der Waals surface area contributed by atoms with Gasteiger partial charge in [-0.05, 0) is 43.9 Å². The highest BCUT2D eigenvalue weighted by Crippen LogP contribution is 2.29. The van der Waals surface area contributed by atoms with Crippen LogP contribution < -0.4 is 10.9 Å². The van der Waals surface area contributed by atoms with E-state index in [9.17, 15) is 4.79 Å². The third kappa shape index (κ3) is 3.21. The summed E-state index contributed by atoms with van der Waals surface area (Å²) in [7, 11) is 0. The fourth-order valence-corrected chi connectivity index (χ4v) is 2.30. The van der Waals surface area contributed by atoms with Crippen LogP contribution >= 0.6 is 0 Å². The van der Waals surface area contributed by atoms with E-state index in [4.69, 9.17) is 0 Å². The van der Waals surface area contributed by atoms with Gasteiger partial charge in [-0.15, -0.1) is 0 Å². The van der Waals surface area contributed by atoms with Gasteiger partial charge in [0.15, 0.2) is 0 Å². The number of nitrogens with one attached hydrogen (secondary N) is 2. The highest BCUT2D eigenvalue weighted by Gasteiger charge is 2.37. The molecule has 1 aliphatic rings. The molecule has 1 amide bonds. The second kappa shape index (κ2) is 6.12. The summed E-state index contributed by atoms with van der Waals surface area (Å²) in [6.07, 6.45) is 6.98. The molecule has 1 aromatic carbocycles. The van der Waals surface area contributed by atoms with Gasteiger partial charge >= 0.3 is 0 Å². The number of hydrogen-bond acceptors (Lipinski definition) is 2. The lowest BCUT2D eigenvalue weighted by Crippen LogP contribution is -2.28. The number of rotatable bonds is 5. The first-order valence-corrected chi connectivity index (χ1v) is 7.41. The van der Waals surface area contributed by atoms with Crippen LogP contribution in [0.2, 0.25) is 0 Å². The molecule has 0 aliphatic carbocycles. The zero-order chi connectivity index (χ0) is 14.6. The van der Waals surface area contributed by atoms with Crippen molar-refractivity contribution < 1.29 is 4.79 Å². The van der Waals surface area contributed by atoms with Gasteiger partial charge < -0.3 is 5.43 Å². The van der Waals surface area contributed by atoms with Crippen LogP contribution in [-0.4, -0.2) is 5.91 Å². The van der Waals surface area contributed by atoms with Crippen molar-refractivity contribution in [1.82, 2.24) is 10.9 Å². The van der Waals surface area contributed by atoms with Crippen molar-refractivity contribution in [3.63, 3.8) is 0 Å². The molecule has 2 rings (SSSR count). The van der Waals surface area contributed by atoms with Gasteiger partial charge in [0, 0.05) is 5.70 Å². The van der Waals surface area contributed by atoms with Gasteiger partial charge in [0.2, 0.25) is 5.91 Å². The van der Waals surface area contributed by atoms with Crippen LogP contribution in [0.25, 0.3) is 6.08 Å². The van der Waals surface area contributed by atoms with Crippen molar-refractivity contribution in [2.75, 3.05) is 0 Å². The van der Waals surface area contributed by atoms with Crippen molar-refractivity contribution in [2.24, 2.45) is 5.41 Å². The molecule has 3 heteroatoms. The van der Waals surface area contributed by atoms with Crippen molar-refractivity contribution in [2.45, 2.75) is 46.5 Å². The van der Waals surface area contributed by atoms with E-state index in [0.29, 0.717) is 0 Å². The number of benzene rings is 1.